The topological polar surface area (TPSA) is 99.2 Å². The predicted octanol–water partition coefficient (Wildman–Crippen LogP) is 3.35. The van der Waals surface area contributed by atoms with Gasteiger partial charge in [0.25, 0.3) is 0 Å². The lowest BCUT2D eigenvalue weighted by atomic mass is 9.97. The summed E-state index contributed by atoms with van der Waals surface area (Å²) in [6.07, 6.45) is 2.00. The minimum absolute atomic E-state index is 0.262. The third-order valence-corrected chi connectivity index (χ3v) is 5.54. The quantitative estimate of drug-likeness (QED) is 0.536. The minimum atomic E-state index is -0.488. The van der Waals surface area contributed by atoms with E-state index >= 15 is 0 Å². The Labute approximate surface area is 182 Å². The molecule has 8 nitrogen and oxygen atoms in total. The zero-order valence-corrected chi connectivity index (χ0v) is 18.8. The Morgan fingerprint density at radius 3 is 2.83 bits per heavy atom. The summed E-state index contributed by atoms with van der Waals surface area (Å²) in [5.74, 6) is 0.443. The highest BCUT2D eigenvalue weighted by atomic mass is 127. The van der Waals surface area contributed by atoms with Crippen LogP contribution in [0.25, 0.3) is 11.0 Å². The van der Waals surface area contributed by atoms with Crippen LogP contribution in [0.15, 0.2) is 24.5 Å². The molecule has 2 N–H and O–H groups in total. The number of amides is 1. The molecule has 0 spiro atoms. The Balaban J connectivity index is 1.54. The molecule has 2 aromatic heterocycles. The molecule has 0 saturated heterocycles. The monoisotopic (exact) mass is 506 g/mol. The number of nitrogen functional groups attached to an aromatic ring is 1. The van der Waals surface area contributed by atoms with Gasteiger partial charge in [0, 0.05) is 13.1 Å². The summed E-state index contributed by atoms with van der Waals surface area (Å²) in [4.78, 5) is 22.5. The molecule has 0 fully saturated rings. The van der Waals surface area contributed by atoms with Crippen LogP contribution in [0.2, 0.25) is 0 Å². The van der Waals surface area contributed by atoms with Gasteiger partial charge >= 0.3 is 6.09 Å². The van der Waals surface area contributed by atoms with Crippen molar-refractivity contribution in [2.24, 2.45) is 0 Å². The number of rotatable bonds is 2. The Morgan fingerprint density at radius 2 is 2.07 bits per heavy atom. The molecule has 0 unspecified atom stereocenters. The van der Waals surface area contributed by atoms with E-state index in [1.807, 2.05) is 25.5 Å². The van der Waals surface area contributed by atoms with E-state index in [-0.39, 0.29) is 6.09 Å². The summed E-state index contributed by atoms with van der Waals surface area (Å²) in [6.45, 7) is 7.46. The zero-order chi connectivity index (χ0) is 20.8. The van der Waals surface area contributed by atoms with Crippen LogP contribution in [0, 0.1) is 3.70 Å². The van der Waals surface area contributed by atoms with Crippen LogP contribution in [-0.2, 0) is 24.2 Å². The van der Waals surface area contributed by atoms with Crippen LogP contribution in [0.5, 0.6) is 0 Å². The second-order valence-electron chi connectivity index (χ2n) is 8.16. The van der Waals surface area contributed by atoms with Gasteiger partial charge in [-0.2, -0.15) is 5.10 Å². The van der Waals surface area contributed by atoms with E-state index in [4.69, 9.17) is 10.5 Å². The van der Waals surface area contributed by atoms with Crippen molar-refractivity contribution in [2.45, 2.75) is 45.9 Å². The first-order chi connectivity index (χ1) is 13.7. The number of fused-ring (bicyclic) bond motifs is 2. The van der Waals surface area contributed by atoms with Gasteiger partial charge in [0.1, 0.15) is 21.4 Å². The Bertz CT molecular complexity index is 1090. The maximum absolute atomic E-state index is 12.4. The Hall–Kier alpha value is -2.43. The van der Waals surface area contributed by atoms with Crippen LogP contribution in [-0.4, -0.2) is 42.9 Å². The number of aromatic nitrogens is 4. The lowest BCUT2D eigenvalue weighted by Crippen LogP contribution is -2.39. The van der Waals surface area contributed by atoms with E-state index in [1.54, 1.807) is 4.90 Å². The molecule has 4 rings (SSSR count). The predicted molar refractivity (Wildman–Crippen MR) is 118 cm³/mol. The van der Waals surface area contributed by atoms with Crippen molar-refractivity contribution >= 4 is 45.5 Å². The van der Waals surface area contributed by atoms with Crippen molar-refractivity contribution in [1.82, 2.24) is 24.6 Å². The molecular weight excluding hydrogens is 483 g/mol. The molecule has 0 radical (unpaired) electrons. The molecule has 1 aliphatic heterocycles. The van der Waals surface area contributed by atoms with Gasteiger partial charge in [-0.05, 0) is 66.5 Å². The summed E-state index contributed by atoms with van der Waals surface area (Å²) >= 11 is 2.16. The normalized spacial score (nSPS) is 14.1. The van der Waals surface area contributed by atoms with Crippen molar-refractivity contribution in [2.75, 3.05) is 12.3 Å². The second-order valence-corrected chi connectivity index (χ2v) is 9.18. The van der Waals surface area contributed by atoms with Crippen molar-refractivity contribution in [3.63, 3.8) is 0 Å². The maximum Gasteiger partial charge on any atom is 0.410 e. The smallest absolute Gasteiger partial charge is 0.410 e. The molecule has 0 atom stereocenters. The average molecular weight is 506 g/mol. The minimum Gasteiger partial charge on any atom is -0.444 e. The van der Waals surface area contributed by atoms with Gasteiger partial charge in [-0.15, -0.1) is 0 Å². The van der Waals surface area contributed by atoms with Crippen LogP contribution in [0.1, 0.15) is 37.5 Å². The van der Waals surface area contributed by atoms with Crippen LogP contribution >= 0.6 is 22.6 Å². The highest BCUT2D eigenvalue weighted by Gasteiger charge is 2.26. The number of anilines is 1. The first-order valence-corrected chi connectivity index (χ1v) is 10.5. The van der Waals surface area contributed by atoms with Crippen molar-refractivity contribution in [1.29, 1.82) is 0 Å². The first kappa shape index (κ1) is 19.9. The van der Waals surface area contributed by atoms with Crippen LogP contribution in [0.3, 0.4) is 0 Å². The van der Waals surface area contributed by atoms with E-state index < -0.39 is 5.60 Å². The fraction of sp³-hybridized carbons (Fsp3) is 0.400. The molecule has 0 saturated carbocycles. The lowest BCUT2D eigenvalue weighted by molar-refractivity contribution is 0.0224. The van der Waals surface area contributed by atoms with Crippen molar-refractivity contribution < 1.29 is 9.53 Å². The number of nitrogens with zero attached hydrogens (tertiary/aromatic N) is 5. The van der Waals surface area contributed by atoms with E-state index in [9.17, 15) is 4.79 Å². The number of nitrogens with two attached hydrogens (primary N) is 1. The zero-order valence-electron chi connectivity index (χ0n) is 16.6. The van der Waals surface area contributed by atoms with Crippen molar-refractivity contribution in [3.05, 3.63) is 44.9 Å². The molecule has 3 heterocycles. The van der Waals surface area contributed by atoms with Gasteiger partial charge in [0.2, 0.25) is 0 Å². The third kappa shape index (κ3) is 4.14. The van der Waals surface area contributed by atoms with E-state index in [0.29, 0.717) is 25.5 Å². The molecule has 0 bridgehead atoms. The molecule has 1 aromatic carbocycles. The van der Waals surface area contributed by atoms with Crippen LogP contribution < -0.4 is 5.73 Å². The summed E-state index contributed by atoms with van der Waals surface area (Å²) in [5.41, 5.74) is 9.76. The van der Waals surface area contributed by atoms with Gasteiger partial charge in [-0.1, -0.05) is 18.2 Å². The fourth-order valence-electron chi connectivity index (χ4n) is 3.46. The van der Waals surface area contributed by atoms with Gasteiger partial charge < -0.3 is 15.4 Å². The van der Waals surface area contributed by atoms with Gasteiger partial charge in [-0.25, -0.2) is 19.4 Å². The highest BCUT2D eigenvalue weighted by Crippen LogP contribution is 2.25. The number of hydrogen-bond donors (Lipinski definition) is 1. The maximum atomic E-state index is 12.4. The van der Waals surface area contributed by atoms with Gasteiger partial charge in [0.15, 0.2) is 5.65 Å². The first-order valence-electron chi connectivity index (χ1n) is 9.42. The molecule has 9 heteroatoms. The fourth-order valence-corrected chi connectivity index (χ4v) is 4.23. The van der Waals surface area contributed by atoms with Crippen LogP contribution in [0.4, 0.5) is 10.6 Å². The molecule has 3 aromatic rings. The summed E-state index contributed by atoms with van der Waals surface area (Å²) < 4.78 is 8.15. The van der Waals surface area contributed by atoms with E-state index in [2.05, 4.69) is 55.9 Å². The third-order valence-electron chi connectivity index (χ3n) is 4.78. The summed E-state index contributed by atoms with van der Waals surface area (Å²) in [5, 5.41) is 5.37. The standard InChI is InChI=1S/C20H23IN6O2/c1-20(2,3)29-19(28)26-7-6-13-8-12(4-5-14(13)10-26)9-27-18-15(16(21)25-27)17(22)23-11-24-18/h4-5,8,11H,6-7,9-10H2,1-3H3,(H2,22,23,24). The average Bonchev–Trinajstić information content (AvgIpc) is 2.96. The molecular formula is C20H23IN6O2. The van der Waals surface area contributed by atoms with Crippen molar-refractivity contribution in [3.8, 4) is 0 Å². The molecule has 1 amide bonds. The largest absolute Gasteiger partial charge is 0.444 e. The highest BCUT2D eigenvalue weighted by molar-refractivity contribution is 14.1. The van der Waals surface area contributed by atoms with E-state index in [0.717, 1.165) is 32.3 Å². The summed E-state index contributed by atoms with van der Waals surface area (Å²) in [6, 6.07) is 6.34. The lowest BCUT2D eigenvalue weighted by Gasteiger charge is -2.31. The number of halogens is 1. The Kier molecular flexibility index (Phi) is 5.09. The number of benzene rings is 1. The van der Waals surface area contributed by atoms with E-state index in [1.165, 1.54) is 11.9 Å². The second kappa shape index (κ2) is 7.43. The summed E-state index contributed by atoms with van der Waals surface area (Å²) in [7, 11) is 0. The number of carbonyl (C=O) groups is 1. The molecule has 0 aliphatic carbocycles. The van der Waals surface area contributed by atoms with Gasteiger partial charge in [0.05, 0.1) is 11.9 Å². The SMILES string of the molecule is CC(C)(C)OC(=O)N1CCc2cc(Cn3nc(I)c4c(N)ncnc43)ccc2C1. The molecule has 29 heavy (non-hydrogen) atoms. The molecule has 1 aliphatic rings. The number of hydrogen-bond acceptors (Lipinski definition) is 6. The number of ether oxygens (including phenoxy) is 1. The molecule has 152 valence electrons. The number of carbonyl (C=O) groups excluding carboxylic acids is 1. The Morgan fingerprint density at radius 1 is 1.28 bits per heavy atom. The van der Waals surface area contributed by atoms with Gasteiger partial charge in [-0.3, -0.25) is 0 Å².